The highest BCUT2D eigenvalue weighted by molar-refractivity contribution is 7.89. The molecule has 12 heteroatoms. The Kier molecular flexibility index (Phi) is 8.37. The molecule has 2 atom stereocenters. The lowest BCUT2D eigenvalue weighted by molar-refractivity contribution is -0.118. The Bertz CT molecular complexity index is 896. The Balaban J connectivity index is 1.87. The lowest BCUT2D eigenvalue weighted by atomic mass is 9.84. The lowest BCUT2D eigenvalue weighted by Gasteiger charge is -2.28. The minimum Gasteiger partial charge on any atom is -0.394 e. The van der Waals surface area contributed by atoms with E-state index in [1.165, 1.54) is 6.07 Å². The maximum Gasteiger partial charge on any atom is 0.251 e. The van der Waals surface area contributed by atoms with Gasteiger partial charge in [0.25, 0.3) is 6.43 Å². The fourth-order valence-electron chi connectivity index (χ4n) is 4.44. The Morgan fingerprint density at radius 3 is 2.62 bits per heavy atom. The number of aliphatic hydroxyl groups is 1. The average Bonchev–Trinajstić information content (AvgIpc) is 3.26. The summed E-state index contributed by atoms with van der Waals surface area (Å²) in [6.45, 7) is -0.748. The largest absolute Gasteiger partial charge is 0.394 e. The molecule has 1 aromatic heterocycles. The molecule has 1 saturated heterocycles. The maximum atomic E-state index is 12.7. The van der Waals surface area contributed by atoms with Gasteiger partial charge >= 0.3 is 0 Å². The van der Waals surface area contributed by atoms with Gasteiger partial charge in [-0.15, -0.1) is 0 Å². The van der Waals surface area contributed by atoms with Crippen molar-refractivity contribution in [3.05, 3.63) is 12.3 Å². The van der Waals surface area contributed by atoms with Crippen molar-refractivity contribution in [2.75, 3.05) is 29.9 Å². The standard InChI is InChI=1S/C20H31F2N5O4S/c21-17(22)11-25-32(30,31)16-10-24-18(9-15(16)27-8-4-7-14(27)12-28)26-20(29)19(23)13-5-2-1-3-6-13/h9-10,13-14,17,19,25,28H,1-8,11-12,23H2,(H,24,26,29)/t14-,19+/m1/s1. The first-order chi connectivity index (χ1) is 15.2. The highest BCUT2D eigenvalue weighted by Gasteiger charge is 2.31. The van der Waals surface area contributed by atoms with Crippen molar-refractivity contribution < 1.29 is 27.1 Å². The molecule has 1 aromatic rings. The van der Waals surface area contributed by atoms with E-state index in [1.54, 1.807) is 4.90 Å². The van der Waals surface area contributed by atoms with E-state index in [9.17, 15) is 27.1 Å². The summed E-state index contributed by atoms with van der Waals surface area (Å²) in [6.07, 6.45) is 4.53. The number of hydrogen-bond donors (Lipinski definition) is 4. The summed E-state index contributed by atoms with van der Waals surface area (Å²) in [5.74, 6) is -0.201. The number of amides is 1. The number of hydrogen-bond acceptors (Lipinski definition) is 7. The van der Waals surface area contributed by atoms with Gasteiger partial charge in [-0.1, -0.05) is 19.3 Å². The normalized spacial score (nSPS) is 21.2. The molecule has 2 aliphatic rings. The van der Waals surface area contributed by atoms with E-state index in [-0.39, 0.29) is 35.0 Å². The second kappa shape index (κ2) is 10.8. The van der Waals surface area contributed by atoms with Crippen LogP contribution in [0, 0.1) is 5.92 Å². The Labute approximate surface area is 186 Å². The van der Waals surface area contributed by atoms with E-state index in [0.29, 0.717) is 13.0 Å². The predicted octanol–water partition coefficient (Wildman–Crippen LogP) is 1.43. The van der Waals surface area contributed by atoms with Crippen molar-refractivity contribution in [3.8, 4) is 0 Å². The number of pyridine rings is 1. The van der Waals surface area contributed by atoms with Gasteiger partial charge in [-0.25, -0.2) is 26.9 Å². The molecule has 1 aliphatic heterocycles. The monoisotopic (exact) mass is 475 g/mol. The smallest absolute Gasteiger partial charge is 0.251 e. The molecule has 5 N–H and O–H groups in total. The van der Waals surface area contributed by atoms with Gasteiger partial charge in [0.05, 0.1) is 37.1 Å². The summed E-state index contributed by atoms with van der Waals surface area (Å²) >= 11 is 0. The molecule has 180 valence electrons. The molecule has 0 unspecified atom stereocenters. The average molecular weight is 476 g/mol. The molecule has 2 heterocycles. The van der Waals surface area contributed by atoms with Crippen LogP contribution in [-0.2, 0) is 14.8 Å². The van der Waals surface area contributed by atoms with Gasteiger partial charge in [0, 0.05) is 12.6 Å². The van der Waals surface area contributed by atoms with E-state index >= 15 is 0 Å². The number of sulfonamides is 1. The van der Waals surface area contributed by atoms with Crippen LogP contribution >= 0.6 is 0 Å². The molecule has 0 spiro atoms. The topological polar surface area (TPSA) is 138 Å². The molecule has 32 heavy (non-hydrogen) atoms. The third kappa shape index (κ3) is 5.91. The zero-order valence-electron chi connectivity index (χ0n) is 17.8. The lowest BCUT2D eigenvalue weighted by Crippen LogP contribution is -2.43. The first-order valence-electron chi connectivity index (χ1n) is 10.9. The second-order valence-electron chi connectivity index (χ2n) is 8.37. The van der Waals surface area contributed by atoms with Crippen LogP contribution in [0.5, 0.6) is 0 Å². The van der Waals surface area contributed by atoms with Crippen LogP contribution in [-0.4, -0.2) is 62.6 Å². The van der Waals surface area contributed by atoms with E-state index in [0.717, 1.165) is 44.7 Å². The highest BCUT2D eigenvalue weighted by atomic mass is 32.2. The second-order valence-corrected chi connectivity index (χ2v) is 10.1. The fraction of sp³-hybridized carbons (Fsp3) is 0.700. The van der Waals surface area contributed by atoms with Crippen LogP contribution in [0.3, 0.4) is 0 Å². The van der Waals surface area contributed by atoms with Gasteiger partial charge in [-0.2, -0.15) is 0 Å². The summed E-state index contributed by atoms with van der Waals surface area (Å²) < 4.78 is 52.4. The number of rotatable bonds is 9. The van der Waals surface area contributed by atoms with Crippen LogP contribution in [0.4, 0.5) is 20.3 Å². The first kappa shape index (κ1) is 24.7. The molecule has 1 saturated carbocycles. The molecule has 3 rings (SSSR count). The number of halogens is 2. The summed E-state index contributed by atoms with van der Waals surface area (Å²) in [5.41, 5.74) is 6.34. The van der Waals surface area contributed by atoms with E-state index < -0.39 is 34.9 Å². The number of nitrogens with one attached hydrogen (secondary N) is 2. The molecule has 0 bridgehead atoms. The molecule has 2 fully saturated rings. The fourth-order valence-corrected chi connectivity index (χ4v) is 5.59. The SMILES string of the molecule is N[C@H](C(=O)Nc1cc(N2CCC[C@@H]2CO)c(S(=O)(=O)NCC(F)F)cn1)C1CCCCC1. The summed E-state index contributed by atoms with van der Waals surface area (Å²) in [5, 5.41) is 12.4. The number of carbonyl (C=O) groups excluding carboxylic acids is 1. The van der Waals surface area contributed by atoms with Gasteiger partial charge in [0.15, 0.2) is 0 Å². The van der Waals surface area contributed by atoms with Crippen molar-refractivity contribution in [3.63, 3.8) is 0 Å². The van der Waals surface area contributed by atoms with Crippen molar-refractivity contribution in [1.82, 2.24) is 9.71 Å². The van der Waals surface area contributed by atoms with Gasteiger partial charge in [-0.3, -0.25) is 4.79 Å². The summed E-state index contributed by atoms with van der Waals surface area (Å²) in [4.78, 5) is 18.1. The van der Waals surface area contributed by atoms with Gasteiger partial charge in [0.2, 0.25) is 15.9 Å². The van der Waals surface area contributed by atoms with Gasteiger partial charge in [0.1, 0.15) is 10.7 Å². The number of anilines is 2. The number of alkyl halides is 2. The minimum atomic E-state index is -4.29. The molecule has 1 amide bonds. The maximum absolute atomic E-state index is 12.7. The quantitative estimate of drug-likeness (QED) is 0.424. The van der Waals surface area contributed by atoms with Crippen LogP contribution < -0.4 is 20.7 Å². The van der Waals surface area contributed by atoms with Crippen LogP contribution in [0.2, 0.25) is 0 Å². The molecule has 9 nitrogen and oxygen atoms in total. The molecular formula is C20H31F2N5O4S. The molecule has 0 aromatic carbocycles. The van der Waals surface area contributed by atoms with Crippen molar-refractivity contribution in [2.45, 2.75) is 68.4 Å². The Morgan fingerprint density at radius 1 is 1.25 bits per heavy atom. The van der Waals surface area contributed by atoms with Crippen LogP contribution in [0.1, 0.15) is 44.9 Å². The van der Waals surface area contributed by atoms with E-state index in [1.807, 2.05) is 4.72 Å². The third-order valence-electron chi connectivity index (χ3n) is 6.17. The van der Waals surface area contributed by atoms with Crippen molar-refractivity contribution in [1.29, 1.82) is 0 Å². The van der Waals surface area contributed by atoms with Crippen molar-refractivity contribution in [2.24, 2.45) is 11.7 Å². The zero-order valence-corrected chi connectivity index (χ0v) is 18.7. The third-order valence-corrected chi connectivity index (χ3v) is 7.61. The predicted molar refractivity (Wildman–Crippen MR) is 116 cm³/mol. The number of aliphatic hydroxyl groups excluding tert-OH is 1. The summed E-state index contributed by atoms with van der Waals surface area (Å²) in [6, 6.07) is 0.374. The summed E-state index contributed by atoms with van der Waals surface area (Å²) in [7, 11) is -4.29. The highest BCUT2D eigenvalue weighted by Crippen LogP contribution is 2.33. The Hall–Kier alpha value is -1.89. The van der Waals surface area contributed by atoms with Gasteiger partial charge < -0.3 is 21.1 Å². The molecular weight excluding hydrogens is 444 g/mol. The first-order valence-corrected chi connectivity index (χ1v) is 12.4. The Morgan fingerprint density at radius 2 is 1.97 bits per heavy atom. The minimum absolute atomic E-state index is 0.0822. The number of aromatic nitrogens is 1. The van der Waals surface area contributed by atoms with E-state index in [2.05, 4.69) is 10.3 Å². The molecule has 1 aliphatic carbocycles. The molecule has 0 radical (unpaired) electrons. The number of nitrogens with zero attached hydrogens (tertiary/aromatic N) is 2. The van der Waals surface area contributed by atoms with Crippen LogP contribution in [0.25, 0.3) is 0 Å². The van der Waals surface area contributed by atoms with E-state index in [4.69, 9.17) is 5.73 Å². The van der Waals surface area contributed by atoms with Crippen LogP contribution in [0.15, 0.2) is 17.2 Å². The number of carbonyl (C=O) groups is 1. The zero-order chi connectivity index (χ0) is 23.3. The van der Waals surface area contributed by atoms with Crippen molar-refractivity contribution >= 4 is 27.4 Å². The number of nitrogens with two attached hydrogens (primary N) is 1. The van der Waals surface area contributed by atoms with Gasteiger partial charge in [-0.05, 0) is 31.6 Å².